The maximum atomic E-state index is 12.8. The topological polar surface area (TPSA) is 114 Å². The molecule has 1 aromatic heterocycles. The maximum Gasteiger partial charge on any atom is 0.417 e. The first-order chi connectivity index (χ1) is 9.79. The van der Waals surface area contributed by atoms with Gasteiger partial charge in [0.15, 0.2) is 0 Å². The van der Waals surface area contributed by atoms with Crippen molar-refractivity contribution in [3.05, 3.63) is 35.4 Å². The molecular weight excluding hydrogens is 285 g/mol. The molecule has 0 amide bonds. The minimum absolute atomic E-state index is 0.0784. The number of rotatable bonds is 2. The third-order valence-electron chi connectivity index (χ3n) is 2.48. The zero-order chi connectivity index (χ0) is 15.6. The van der Waals surface area contributed by atoms with Gasteiger partial charge >= 0.3 is 6.18 Å². The van der Waals surface area contributed by atoms with Crippen LogP contribution in [0.15, 0.2) is 24.3 Å². The lowest BCUT2D eigenvalue weighted by atomic mass is 10.1. The van der Waals surface area contributed by atoms with Gasteiger partial charge in [-0.3, -0.25) is 0 Å². The Morgan fingerprint density at radius 2 is 1.86 bits per heavy atom. The van der Waals surface area contributed by atoms with Crippen molar-refractivity contribution in [2.75, 3.05) is 16.8 Å². The maximum absolute atomic E-state index is 12.8. The van der Waals surface area contributed by atoms with E-state index in [2.05, 4.69) is 15.3 Å². The summed E-state index contributed by atoms with van der Waals surface area (Å²) in [4.78, 5) is 7.43. The van der Waals surface area contributed by atoms with E-state index in [1.165, 1.54) is 18.2 Å². The third kappa shape index (κ3) is 3.30. The number of hydrogen-bond donors (Lipinski definition) is 3. The van der Waals surface area contributed by atoms with E-state index >= 15 is 0 Å². The van der Waals surface area contributed by atoms with Crippen LogP contribution in [0.2, 0.25) is 0 Å². The zero-order valence-corrected chi connectivity index (χ0v) is 10.4. The van der Waals surface area contributed by atoms with Crippen LogP contribution < -0.4 is 16.8 Å². The first-order valence-electron chi connectivity index (χ1n) is 5.58. The second-order valence-corrected chi connectivity index (χ2v) is 4.03. The van der Waals surface area contributed by atoms with E-state index < -0.39 is 17.3 Å². The number of benzene rings is 1. The molecule has 6 nitrogen and oxygen atoms in total. The van der Waals surface area contributed by atoms with Crippen LogP contribution in [0.25, 0.3) is 0 Å². The molecule has 0 aliphatic carbocycles. The van der Waals surface area contributed by atoms with Crippen LogP contribution in [0.1, 0.15) is 11.1 Å². The van der Waals surface area contributed by atoms with E-state index in [0.29, 0.717) is 0 Å². The molecule has 0 saturated carbocycles. The highest BCUT2D eigenvalue weighted by molar-refractivity contribution is 5.62. The molecule has 0 aliphatic rings. The standard InChI is InChI=1S/C12H9F3N6/c13-12(14,15)8-3-7(2-1-6(8)5-16)19-10-4-9(17)20-11(18)21-10/h1-4H,(H5,17,18,19,20,21). The second kappa shape index (κ2) is 5.16. The molecule has 1 heterocycles. The van der Waals surface area contributed by atoms with Gasteiger partial charge in [0.05, 0.1) is 17.2 Å². The van der Waals surface area contributed by atoms with Gasteiger partial charge in [0.25, 0.3) is 0 Å². The molecular formula is C12H9F3N6. The number of nitrogens with one attached hydrogen (secondary N) is 1. The highest BCUT2D eigenvalue weighted by Gasteiger charge is 2.33. The second-order valence-electron chi connectivity index (χ2n) is 4.03. The van der Waals surface area contributed by atoms with Gasteiger partial charge in [-0.05, 0) is 18.2 Å². The molecule has 0 unspecified atom stereocenters. The predicted molar refractivity (Wildman–Crippen MR) is 70.3 cm³/mol. The van der Waals surface area contributed by atoms with Crippen molar-refractivity contribution in [2.45, 2.75) is 6.18 Å². The molecule has 0 aliphatic heterocycles. The first-order valence-corrected chi connectivity index (χ1v) is 5.58. The molecule has 0 radical (unpaired) electrons. The van der Waals surface area contributed by atoms with Crippen LogP contribution in [-0.4, -0.2) is 9.97 Å². The zero-order valence-electron chi connectivity index (χ0n) is 10.4. The first kappa shape index (κ1) is 14.4. The van der Waals surface area contributed by atoms with Gasteiger partial charge in [0, 0.05) is 11.8 Å². The number of nitriles is 1. The molecule has 0 fully saturated rings. The van der Waals surface area contributed by atoms with Gasteiger partial charge in [0.2, 0.25) is 5.95 Å². The lowest BCUT2D eigenvalue weighted by Gasteiger charge is -2.12. The largest absolute Gasteiger partial charge is 0.417 e. The van der Waals surface area contributed by atoms with Crippen LogP contribution in [0.3, 0.4) is 0 Å². The van der Waals surface area contributed by atoms with Crippen LogP contribution >= 0.6 is 0 Å². The van der Waals surface area contributed by atoms with Crippen LogP contribution in [-0.2, 0) is 6.18 Å². The highest BCUT2D eigenvalue weighted by Crippen LogP contribution is 2.34. The SMILES string of the molecule is N#Cc1ccc(Nc2cc(N)nc(N)n2)cc1C(F)(F)F. The number of aromatic nitrogens is 2. The van der Waals surface area contributed by atoms with Gasteiger partial charge in [-0.2, -0.15) is 28.4 Å². The summed E-state index contributed by atoms with van der Waals surface area (Å²) in [6, 6.07) is 6.02. The molecule has 9 heteroatoms. The normalized spacial score (nSPS) is 11.0. The van der Waals surface area contributed by atoms with Crippen molar-refractivity contribution in [1.29, 1.82) is 5.26 Å². The Morgan fingerprint density at radius 3 is 2.43 bits per heavy atom. The molecule has 0 spiro atoms. The molecule has 5 N–H and O–H groups in total. The fraction of sp³-hybridized carbons (Fsp3) is 0.0833. The molecule has 0 saturated heterocycles. The Morgan fingerprint density at radius 1 is 1.14 bits per heavy atom. The summed E-state index contributed by atoms with van der Waals surface area (Å²) in [5, 5.41) is 11.3. The molecule has 0 atom stereocenters. The Hall–Kier alpha value is -3.02. The van der Waals surface area contributed by atoms with E-state index in [1.54, 1.807) is 0 Å². The van der Waals surface area contributed by atoms with Crippen LogP contribution in [0.4, 0.5) is 36.4 Å². The summed E-state index contributed by atoms with van der Waals surface area (Å²) < 4.78 is 38.5. The van der Waals surface area contributed by atoms with E-state index in [0.717, 1.165) is 12.1 Å². The number of nitrogen functional groups attached to an aromatic ring is 2. The van der Waals surface area contributed by atoms with Crippen molar-refractivity contribution in [1.82, 2.24) is 9.97 Å². The van der Waals surface area contributed by atoms with Crippen molar-refractivity contribution < 1.29 is 13.2 Å². The molecule has 0 bridgehead atoms. The fourth-order valence-electron chi connectivity index (χ4n) is 1.65. The van der Waals surface area contributed by atoms with Crippen molar-refractivity contribution in [2.24, 2.45) is 0 Å². The number of anilines is 4. The van der Waals surface area contributed by atoms with Crippen molar-refractivity contribution >= 4 is 23.3 Å². The predicted octanol–water partition coefficient (Wildman–Crippen LogP) is 2.28. The van der Waals surface area contributed by atoms with E-state index in [1.807, 2.05) is 0 Å². The highest BCUT2D eigenvalue weighted by atomic mass is 19.4. The fourth-order valence-corrected chi connectivity index (χ4v) is 1.65. The Kier molecular flexibility index (Phi) is 3.54. The van der Waals surface area contributed by atoms with Crippen molar-refractivity contribution in [3.63, 3.8) is 0 Å². The lowest BCUT2D eigenvalue weighted by molar-refractivity contribution is -0.137. The number of nitrogens with two attached hydrogens (primary N) is 2. The summed E-state index contributed by atoms with van der Waals surface area (Å²) in [7, 11) is 0. The summed E-state index contributed by atoms with van der Waals surface area (Å²) in [5.74, 6) is 0.120. The van der Waals surface area contributed by atoms with Crippen LogP contribution in [0.5, 0.6) is 0 Å². The van der Waals surface area contributed by atoms with E-state index in [4.69, 9.17) is 16.7 Å². The minimum atomic E-state index is -4.63. The molecule has 21 heavy (non-hydrogen) atoms. The molecule has 2 aromatic rings. The van der Waals surface area contributed by atoms with E-state index in [-0.39, 0.29) is 23.3 Å². The average Bonchev–Trinajstić information content (AvgIpc) is 2.36. The Bertz CT molecular complexity index is 700. The number of nitrogens with zero attached hydrogens (tertiary/aromatic N) is 3. The monoisotopic (exact) mass is 294 g/mol. The van der Waals surface area contributed by atoms with Gasteiger partial charge in [-0.25, -0.2) is 0 Å². The number of halogens is 3. The Balaban J connectivity index is 2.40. The molecule has 2 rings (SSSR count). The number of hydrogen-bond acceptors (Lipinski definition) is 6. The third-order valence-corrected chi connectivity index (χ3v) is 2.48. The summed E-state index contributed by atoms with van der Waals surface area (Å²) in [6.45, 7) is 0. The van der Waals surface area contributed by atoms with Crippen molar-refractivity contribution in [3.8, 4) is 6.07 Å². The van der Waals surface area contributed by atoms with Gasteiger partial charge in [-0.1, -0.05) is 0 Å². The van der Waals surface area contributed by atoms with Gasteiger partial charge in [-0.15, -0.1) is 0 Å². The summed E-state index contributed by atoms with van der Waals surface area (Å²) in [6.07, 6.45) is -4.63. The summed E-state index contributed by atoms with van der Waals surface area (Å²) in [5.41, 5.74) is 9.45. The molecule has 108 valence electrons. The molecule has 1 aromatic carbocycles. The van der Waals surface area contributed by atoms with E-state index in [9.17, 15) is 13.2 Å². The Labute approximate surface area is 117 Å². The number of alkyl halides is 3. The van der Waals surface area contributed by atoms with Crippen LogP contribution in [0, 0.1) is 11.3 Å². The quantitative estimate of drug-likeness (QED) is 0.783. The summed E-state index contributed by atoms with van der Waals surface area (Å²) >= 11 is 0. The van der Waals surface area contributed by atoms with Gasteiger partial charge < -0.3 is 16.8 Å². The minimum Gasteiger partial charge on any atom is -0.383 e. The average molecular weight is 294 g/mol. The smallest absolute Gasteiger partial charge is 0.383 e. The van der Waals surface area contributed by atoms with Gasteiger partial charge in [0.1, 0.15) is 11.6 Å². The lowest BCUT2D eigenvalue weighted by Crippen LogP contribution is -2.09.